The van der Waals surface area contributed by atoms with Crippen LogP contribution in [-0.4, -0.2) is 29.0 Å². The lowest BCUT2D eigenvalue weighted by Gasteiger charge is -2.22. The molecule has 1 unspecified atom stereocenters. The van der Waals surface area contributed by atoms with Crippen LogP contribution in [0.2, 0.25) is 0 Å². The Labute approximate surface area is 164 Å². The molecule has 3 aromatic rings. The van der Waals surface area contributed by atoms with Gasteiger partial charge in [-0.15, -0.1) is 0 Å². The van der Waals surface area contributed by atoms with Crippen LogP contribution in [0.3, 0.4) is 0 Å². The van der Waals surface area contributed by atoms with E-state index in [9.17, 15) is 9.59 Å². The van der Waals surface area contributed by atoms with E-state index in [1.54, 1.807) is 24.4 Å². The third kappa shape index (κ3) is 2.83. The fourth-order valence-electron chi connectivity index (χ4n) is 3.15. The maximum absolute atomic E-state index is 12.6. The molecule has 1 amide bonds. The van der Waals surface area contributed by atoms with Gasteiger partial charge in [-0.2, -0.15) is 0 Å². The minimum atomic E-state index is -1.55. The number of nitrogens with two attached hydrogens (primary N) is 1. The Morgan fingerprint density at radius 2 is 2.04 bits per heavy atom. The molecule has 7 nitrogen and oxygen atoms in total. The first-order valence-electron chi connectivity index (χ1n) is 8.39. The summed E-state index contributed by atoms with van der Waals surface area (Å²) >= 11 is 0.913. The van der Waals surface area contributed by atoms with Crippen LogP contribution in [0.5, 0.6) is 0 Å². The Kier molecular flexibility index (Phi) is 4.37. The minimum Gasteiger partial charge on any atom is -0.465 e. The van der Waals surface area contributed by atoms with Crippen LogP contribution in [0.25, 0.3) is 10.9 Å². The zero-order chi connectivity index (χ0) is 19.9. The van der Waals surface area contributed by atoms with Crippen LogP contribution in [0.15, 0.2) is 54.7 Å². The van der Waals surface area contributed by atoms with Gasteiger partial charge in [0.15, 0.2) is 4.87 Å². The number of esters is 1. The minimum absolute atomic E-state index is 0.110. The zero-order valence-electron chi connectivity index (χ0n) is 14.9. The van der Waals surface area contributed by atoms with Crippen molar-refractivity contribution < 1.29 is 14.3 Å². The molecule has 0 fully saturated rings. The number of anilines is 1. The molecule has 4 N–H and O–H groups in total. The fourth-order valence-corrected chi connectivity index (χ4v) is 4.17. The van der Waals surface area contributed by atoms with Crippen molar-refractivity contribution in [3.05, 3.63) is 71.4 Å². The van der Waals surface area contributed by atoms with Gasteiger partial charge in [-0.3, -0.25) is 15.2 Å². The van der Waals surface area contributed by atoms with E-state index in [2.05, 4.69) is 10.3 Å². The molecule has 0 spiro atoms. The summed E-state index contributed by atoms with van der Waals surface area (Å²) in [5.41, 5.74) is 8.91. The van der Waals surface area contributed by atoms with Gasteiger partial charge >= 0.3 is 5.97 Å². The SMILES string of the molecule is COC(=O)c1ccc2c(c1)C(N)(SC(=N)c1cccc3cccnc13)C(=O)N2. The largest absolute Gasteiger partial charge is 0.465 e. The second-order valence-electron chi connectivity index (χ2n) is 6.25. The number of carbonyl (C=O) groups is 2. The zero-order valence-corrected chi connectivity index (χ0v) is 15.7. The molecule has 1 atom stereocenters. The van der Waals surface area contributed by atoms with Gasteiger partial charge in [-0.1, -0.05) is 36.0 Å². The second kappa shape index (κ2) is 6.74. The molecular formula is C20H16N4O3S. The third-order valence-corrected chi connectivity index (χ3v) is 5.72. The predicted molar refractivity (Wildman–Crippen MR) is 108 cm³/mol. The van der Waals surface area contributed by atoms with Gasteiger partial charge in [0.25, 0.3) is 5.91 Å². The number of benzene rings is 2. The molecule has 1 aromatic heterocycles. The Hall–Kier alpha value is -3.23. The quantitative estimate of drug-likeness (QED) is 0.273. The van der Waals surface area contributed by atoms with Gasteiger partial charge in [0, 0.05) is 28.4 Å². The number of nitrogens with one attached hydrogen (secondary N) is 2. The van der Waals surface area contributed by atoms with E-state index in [0.29, 0.717) is 22.3 Å². The summed E-state index contributed by atoms with van der Waals surface area (Å²) in [5, 5.41) is 12.3. The van der Waals surface area contributed by atoms with Crippen molar-refractivity contribution in [3.63, 3.8) is 0 Å². The van der Waals surface area contributed by atoms with E-state index >= 15 is 0 Å². The van der Waals surface area contributed by atoms with E-state index < -0.39 is 16.7 Å². The maximum atomic E-state index is 12.6. The summed E-state index contributed by atoms with van der Waals surface area (Å²) in [5.74, 6) is -0.977. The molecule has 0 aliphatic carbocycles. The normalized spacial score (nSPS) is 17.9. The highest BCUT2D eigenvalue weighted by Gasteiger charge is 2.46. The van der Waals surface area contributed by atoms with E-state index in [4.69, 9.17) is 15.9 Å². The van der Waals surface area contributed by atoms with Crippen molar-refractivity contribution in [2.75, 3.05) is 12.4 Å². The van der Waals surface area contributed by atoms with Crippen molar-refractivity contribution in [2.45, 2.75) is 4.87 Å². The molecule has 0 bridgehead atoms. The van der Waals surface area contributed by atoms with E-state index in [1.807, 2.05) is 24.3 Å². The molecule has 4 rings (SSSR count). The number of hydrogen-bond donors (Lipinski definition) is 3. The molecular weight excluding hydrogens is 376 g/mol. The average molecular weight is 392 g/mol. The van der Waals surface area contributed by atoms with Crippen molar-refractivity contribution >= 4 is 45.3 Å². The second-order valence-corrected chi connectivity index (χ2v) is 7.51. The highest BCUT2D eigenvalue weighted by Crippen LogP contribution is 2.44. The lowest BCUT2D eigenvalue weighted by molar-refractivity contribution is -0.117. The molecule has 0 saturated heterocycles. The predicted octanol–water partition coefficient (Wildman–Crippen LogP) is 2.84. The third-order valence-electron chi connectivity index (χ3n) is 4.57. The van der Waals surface area contributed by atoms with Crippen LogP contribution < -0.4 is 11.1 Å². The number of carbonyl (C=O) groups excluding carboxylic acids is 2. The first kappa shape index (κ1) is 18.1. The Balaban J connectivity index is 1.74. The van der Waals surface area contributed by atoms with Crippen LogP contribution in [0.1, 0.15) is 21.5 Å². The summed E-state index contributed by atoms with van der Waals surface area (Å²) in [4.78, 5) is 27.3. The number of aromatic nitrogens is 1. The van der Waals surface area contributed by atoms with Crippen LogP contribution in [0, 0.1) is 5.41 Å². The number of ether oxygens (including phenoxy) is 1. The molecule has 0 saturated carbocycles. The number of rotatable bonds is 3. The van der Waals surface area contributed by atoms with E-state index in [-0.39, 0.29) is 10.6 Å². The van der Waals surface area contributed by atoms with Gasteiger partial charge in [-0.05, 0) is 24.3 Å². The number of hydrogen-bond acceptors (Lipinski definition) is 7. The van der Waals surface area contributed by atoms with Gasteiger partial charge < -0.3 is 15.8 Å². The summed E-state index contributed by atoms with van der Waals surface area (Å²) in [6.07, 6.45) is 1.65. The number of para-hydroxylation sites is 1. The maximum Gasteiger partial charge on any atom is 0.337 e. The van der Waals surface area contributed by atoms with Gasteiger partial charge in [0.05, 0.1) is 23.2 Å². The Morgan fingerprint density at radius 1 is 1.25 bits per heavy atom. The molecule has 2 aromatic carbocycles. The lowest BCUT2D eigenvalue weighted by atomic mass is 10.0. The molecule has 140 valence electrons. The standard InChI is InChI=1S/C20H16N4O3S/c1-27-18(25)12-7-8-15-14(10-12)20(22,19(26)24-15)28-17(21)13-6-2-4-11-5-3-9-23-16(11)13/h2-10,21H,22H2,1H3,(H,24,26). The monoisotopic (exact) mass is 392 g/mol. The number of amides is 1. The van der Waals surface area contributed by atoms with E-state index in [0.717, 1.165) is 17.1 Å². The van der Waals surface area contributed by atoms with E-state index in [1.165, 1.54) is 13.2 Å². The van der Waals surface area contributed by atoms with Crippen molar-refractivity contribution in [1.82, 2.24) is 4.98 Å². The van der Waals surface area contributed by atoms with Crippen LogP contribution in [0.4, 0.5) is 5.69 Å². The summed E-state index contributed by atoms with van der Waals surface area (Å²) in [6.45, 7) is 0. The van der Waals surface area contributed by atoms with Crippen LogP contribution in [-0.2, 0) is 14.4 Å². The topological polar surface area (TPSA) is 118 Å². The number of nitrogens with zero attached hydrogens (tertiary/aromatic N) is 1. The molecule has 8 heteroatoms. The highest BCUT2D eigenvalue weighted by atomic mass is 32.2. The summed E-state index contributed by atoms with van der Waals surface area (Å²) < 4.78 is 4.75. The summed E-state index contributed by atoms with van der Waals surface area (Å²) in [7, 11) is 1.28. The lowest BCUT2D eigenvalue weighted by Crippen LogP contribution is -2.41. The Morgan fingerprint density at radius 3 is 2.82 bits per heavy atom. The fraction of sp³-hybridized carbons (Fsp3) is 0.100. The number of pyridine rings is 1. The first-order chi connectivity index (χ1) is 13.4. The number of thioether (sulfide) groups is 1. The first-order valence-corrected chi connectivity index (χ1v) is 9.20. The molecule has 1 aliphatic heterocycles. The van der Waals surface area contributed by atoms with Gasteiger partial charge in [-0.25, -0.2) is 4.79 Å². The molecule has 1 aliphatic rings. The van der Waals surface area contributed by atoms with Gasteiger partial charge in [0.1, 0.15) is 0 Å². The van der Waals surface area contributed by atoms with Crippen molar-refractivity contribution in [2.24, 2.45) is 5.73 Å². The smallest absolute Gasteiger partial charge is 0.337 e. The molecule has 0 radical (unpaired) electrons. The van der Waals surface area contributed by atoms with Crippen molar-refractivity contribution in [3.8, 4) is 0 Å². The highest BCUT2D eigenvalue weighted by molar-refractivity contribution is 8.15. The number of methoxy groups -OCH3 is 1. The molecule has 2 heterocycles. The van der Waals surface area contributed by atoms with Crippen molar-refractivity contribution in [1.29, 1.82) is 5.41 Å². The molecule has 28 heavy (non-hydrogen) atoms. The average Bonchev–Trinajstić information content (AvgIpc) is 2.96. The Bertz CT molecular complexity index is 1140. The van der Waals surface area contributed by atoms with Gasteiger partial charge in [0.2, 0.25) is 0 Å². The summed E-state index contributed by atoms with van der Waals surface area (Å²) in [6, 6.07) is 13.9. The van der Waals surface area contributed by atoms with Crippen LogP contribution >= 0.6 is 11.8 Å². The number of fused-ring (bicyclic) bond motifs is 2.